The molecule has 1 aliphatic rings. The van der Waals surface area contributed by atoms with Gasteiger partial charge in [-0.25, -0.2) is 0 Å². The lowest BCUT2D eigenvalue weighted by Crippen LogP contribution is -2.47. The lowest BCUT2D eigenvalue weighted by molar-refractivity contribution is -0.182. The summed E-state index contributed by atoms with van der Waals surface area (Å²) >= 11 is 0. The van der Waals surface area contributed by atoms with Crippen LogP contribution in [0.3, 0.4) is 0 Å². The van der Waals surface area contributed by atoms with E-state index in [0.29, 0.717) is 17.5 Å². The summed E-state index contributed by atoms with van der Waals surface area (Å²) in [7, 11) is 1.80. The molecule has 2 atom stereocenters. The molecular weight excluding hydrogens is 323 g/mol. The van der Waals surface area contributed by atoms with E-state index in [1.165, 1.54) is 0 Å². The fraction of sp³-hybridized carbons (Fsp3) is 0.333. The van der Waals surface area contributed by atoms with Gasteiger partial charge in [0.05, 0.1) is 0 Å². The molecule has 0 bridgehead atoms. The van der Waals surface area contributed by atoms with Crippen LogP contribution in [0.5, 0.6) is 0 Å². The second-order valence-corrected chi connectivity index (χ2v) is 5.74. The number of fused-ring (bicyclic) bond motifs is 1. The minimum Gasteiger partial charge on any atom is -0.313 e. The summed E-state index contributed by atoms with van der Waals surface area (Å²) in [6, 6.07) is 15.2. The van der Waals surface area contributed by atoms with Crippen LogP contribution in [-0.4, -0.2) is 13.2 Å². The van der Waals surface area contributed by atoms with Crippen molar-refractivity contribution in [2.75, 3.05) is 7.05 Å². The molecule has 3 rings (SSSR count). The van der Waals surface area contributed by atoms with Crippen LogP contribution in [-0.2, 0) is 5.41 Å². The van der Waals surface area contributed by atoms with Crippen molar-refractivity contribution in [3.05, 3.63) is 71.3 Å². The highest BCUT2D eigenvalue weighted by atomic mass is 35.5. The first-order chi connectivity index (χ1) is 10.5. The van der Waals surface area contributed by atoms with E-state index < -0.39 is 11.6 Å². The van der Waals surface area contributed by atoms with Crippen molar-refractivity contribution in [2.24, 2.45) is 0 Å². The maximum absolute atomic E-state index is 14.2. The predicted molar refractivity (Wildman–Crippen MR) is 88.0 cm³/mol. The molecular formula is C18H19ClF3N. The molecule has 0 aliphatic heterocycles. The summed E-state index contributed by atoms with van der Waals surface area (Å²) in [6.45, 7) is 0. The third-order valence-electron chi connectivity index (χ3n) is 4.70. The molecule has 2 aromatic rings. The number of benzene rings is 2. The van der Waals surface area contributed by atoms with Gasteiger partial charge >= 0.3 is 6.18 Å². The van der Waals surface area contributed by atoms with Gasteiger partial charge in [0.1, 0.15) is 5.41 Å². The number of nitrogens with one attached hydrogen (secondary N) is 1. The Bertz CT molecular complexity index is 657. The Morgan fingerprint density at radius 2 is 1.61 bits per heavy atom. The van der Waals surface area contributed by atoms with E-state index in [1.807, 2.05) is 0 Å². The van der Waals surface area contributed by atoms with Gasteiger partial charge in [-0.3, -0.25) is 0 Å². The Kier molecular flexibility index (Phi) is 5.07. The molecule has 2 unspecified atom stereocenters. The summed E-state index contributed by atoms with van der Waals surface area (Å²) in [5.41, 5.74) is -0.473. The lowest BCUT2D eigenvalue weighted by atomic mass is 9.64. The van der Waals surface area contributed by atoms with Gasteiger partial charge in [0.25, 0.3) is 0 Å². The number of alkyl halides is 3. The second kappa shape index (κ2) is 6.54. The summed E-state index contributed by atoms with van der Waals surface area (Å²) < 4.78 is 42.5. The van der Waals surface area contributed by atoms with E-state index in [9.17, 15) is 13.2 Å². The van der Waals surface area contributed by atoms with Gasteiger partial charge in [-0.15, -0.1) is 12.4 Å². The monoisotopic (exact) mass is 341 g/mol. The summed E-state index contributed by atoms with van der Waals surface area (Å²) in [4.78, 5) is 0. The first-order valence-corrected chi connectivity index (χ1v) is 7.39. The molecule has 0 aromatic heterocycles. The van der Waals surface area contributed by atoms with Crippen LogP contribution in [0.15, 0.2) is 54.6 Å². The highest BCUT2D eigenvalue weighted by Crippen LogP contribution is 2.54. The van der Waals surface area contributed by atoms with Gasteiger partial charge in [0.2, 0.25) is 0 Å². The molecule has 124 valence electrons. The molecule has 1 nitrogen and oxygen atoms in total. The molecule has 0 spiro atoms. The fourth-order valence-corrected chi connectivity index (χ4v) is 3.62. The maximum Gasteiger partial charge on any atom is 0.402 e. The minimum absolute atomic E-state index is 0. The zero-order valence-electron chi connectivity index (χ0n) is 12.7. The average Bonchev–Trinajstić information content (AvgIpc) is 2.53. The Hall–Kier alpha value is -1.52. The van der Waals surface area contributed by atoms with Crippen molar-refractivity contribution in [3.8, 4) is 0 Å². The van der Waals surface area contributed by atoms with Crippen molar-refractivity contribution in [3.63, 3.8) is 0 Å². The van der Waals surface area contributed by atoms with E-state index in [-0.39, 0.29) is 24.9 Å². The average molecular weight is 342 g/mol. The van der Waals surface area contributed by atoms with Gasteiger partial charge in [0.15, 0.2) is 0 Å². The van der Waals surface area contributed by atoms with E-state index in [0.717, 1.165) is 5.56 Å². The van der Waals surface area contributed by atoms with Gasteiger partial charge < -0.3 is 5.32 Å². The molecule has 0 saturated carbocycles. The number of halogens is 4. The quantitative estimate of drug-likeness (QED) is 0.809. The maximum atomic E-state index is 14.2. The predicted octanol–water partition coefficient (Wildman–Crippen LogP) is 5.01. The highest BCUT2D eigenvalue weighted by Gasteiger charge is 2.59. The minimum atomic E-state index is -4.33. The molecule has 2 aromatic carbocycles. The largest absolute Gasteiger partial charge is 0.402 e. The van der Waals surface area contributed by atoms with Crippen molar-refractivity contribution >= 4 is 12.4 Å². The van der Waals surface area contributed by atoms with E-state index in [1.54, 1.807) is 61.6 Å². The van der Waals surface area contributed by atoms with E-state index in [2.05, 4.69) is 5.32 Å². The molecule has 0 fully saturated rings. The number of hydrogen-bond donors (Lipinski definition) is 1. The highest BCUT2D eigenvalue weighted by molar-refractivity contribution is 5.85. The Labute approximate surface area is 140 Å². The fourth-order valence-electron chi connectivity index (χ4n) is 3.62. The topological polar surface area (TPSA) is 12.0 Å². The number of hydrogen-bond acceptors (Lipinski definition) is 1. The van der Waals surface area contributed by atoms with Crippen LogP contribution in [0.2, 0.25) is 0 Å². The van der Waals surface area contributed by atoms with Crippen molar-refractivity contribution in [2.45, 2.75) is 30.5 Å². The Morgan fingerprint density at radius 1 is 1.00 bits per heavy atom. The van der Waals surface area contributed by atoms with Crippen molar-refractivity contribution in [1.29, 1.82) is 0 Å². The van der Waals surface area contributed by atoms with Gasteiger partial charge in [-0.1, -0.05) is 54.6 Å². The Balaban J connectivity index is 0.00000192. The molecule has 1 aliphatic carbocycles. The van der Waals surface area contributed by atoms with Gasteiger partial charge in [0, 0.05) is 6.04 Å². The zero-order valence-corrected chi connectivity index (χ0v) is 13.5. The van der Waals surface area contributed by atoms with Crippen LogP contribution < -0.4 is 5.32 Å². The zero-order chi connectivity index (χ0) is 15.8. The van der Waals surface area contributed by atoms with Crippen LogP contribution in [0.4, 0.5) is 13.2 Å². The summed E-state index contributed by atoms with van der Waals surface area (Å²) in [5.74, 6) is 0. The van der Waals surface area contributed by atoms with Gasteiger partial charge in [-0.05, 0) is 36.6 Å². The molecule has 1 N–H and O–H groups in total. The molecule has 0 saturated heterocycles. The van der Waals surface area contributed by atoms with E-state index >= 15 is 0 Å². The lowest BCUT2D eigenvalue weighted by Gasteiger charge is -2.43. The number of rotatable bonds is 2. The third-order valence-corrected chi connectivity index (χ3v) is 4.70. The SMILES string of the molecule is CNC1CCC(c2ccccc2)(C(F)(F)F)c2ccccc21.Cl. The molecule has 5 heteroatoms. The molecule has 0 amide bonds. The Morgan fingerprint density at radius 3 is 2.22 bits per heavy atom. The summed E-state index contributed by atoms with van der Waals surface area (Å²) in [5, 5.41) is 3.13. The van der Waals surface area contributed by atoms with Crippen LogP contribution in [0.1, 0.15) is 35.6 Å². The van der Waals surface area contributed by atoms with Crippen molar-refractivity contribution in [1.82, 2.24) is 5.32 Å². The first kappa shape index (κ1) is 17.8. The van der Waals surface area contributed by atoms with E-state index in [4.69, 9.17) is 0 Å². The normalized spacial score (nSPS) is 23.7. The molecule has 0 heterocycles. The van der Waals surface area contributed by atoms with Gasteiger partial charge in [-0.2, -0.15) is 13.2 Å². The smallest absolute Gasteiger partial charge is 0.313 e. The van der Waals surface area contributed by atoms with Crippen LogP contribution in [0, 0.1) is 0 Å². The second-order valence-electron chi connectivity index (χ2n) is 5.74. The van der Waals surface area contributed by atoms with Crippen LogP contribution >= 0.6 is 12.4 Å². The third kappa shape index (κ3) is 2.74. The molecule has 0 radical (unpaired) electrons. The first-order valence-electron chi connectivity index (χ1n) is 7.39. The standard InChI is InChI=1S/C18H18F3N.ClH/c1-22-16-11-12-17(18(19,20)21,13-7-3-2-4-8-13)15-10-6-5-9-14(15)16;/h2-10,16,22H,11-12H2,1H3;1H. The molecule has 23 heavy (non-hydrogen) atoms. The van der Waals surface area contributed by atoms with Crippen molar-refractivity contribution < 1.29 is 13.2 Å². The van der Waals surface area contributed by atoms with Crippen LogP contribution in [0.25, 0.3) is 0 Å². The summed E-state index contributed by atoms with van der Waals surface area (Å²) in [6.07, 6.45) is -3.81.